The zero-order chi connectivity index (χ0) is 18.1. The summed E-state index contributed by atoms with van der Waals surface area (Å²) in [4.78, 5) is 8.13. The molecule has 1 aromatic heterocycles. The second-order valence-corrected chi connectivity index (χ2v) is 9.62. The highest BCUT2D eigenvalue weighted by atomic mass is 32.2. The van der Waals surface area contributed by atoms with Crippen LogP contribution in [0.1, 0.15) is 31.4 Å². The Morgan fingerprint density at radius 3 is 2.92 bits per heavy atom. The molecule has 140 valence electrons. The maximum atomic E-state index is 11.1. The highest BCUT2D eigenvalue weighted by Gasteiger charge is 2.23. The minimum atomic E-state index is -3.43. The van der Waals surface area contributed by atoms with Crippen molar-refractivity contribution in [3.05, 3.63) is 30.0 Å². The standard InChI is InChI=1S/C18H23N3O3S2/c1-26(22,23)24-10-14-11-25-18(20-14)16-9-12-5-4-8-15(17(12)21-16)19-13-6-2-3-7-13/h4-5,8-9,13-14,19,21H,2-3,6-7,10-11H2,1H3/t14-/m1/s1. The van der Waals surface area contributed by atoms with Crippen molar-refractivity contribution in [3.63, 3.8) is 0 Å². The van der Waals surface area contributed by atoms with Crippen molar-refractivity contribution in [2.75, 3.05) is 23.9 Å². The Balaban J connectivity index is 1.54. The Morgan fingerprint density at radius 2 is 2.15 bits per heavy atom. The van der Waals surface area contributed by atoms with Crippen LogP contribution in [0.4, 0.5) is 5.69 Å². The van der Waals surface area contributed by atoms with Crippen LogP contribution >= 0.6 is 11.8 Å². The van der Waals surface area contributed by atoms with Crippen molar-refractivity contribution in [2.45, 2.75) is 37.8 Å². The number of aromatic nitrogens is 1. The van der Waals surface area contributed by atoms with Crippen LogP contribution in [-0.4, -0.2) is 49.1 Å². The van der Waals surface area contributed by atoms with E-state index in [1.165, 1.54) is 25.7 Å². The Hall–Kier alpha value is -1.51. The molecule has 6 nitrogen and oxygen atoms in total. The fourth-order valence-corrected chi connectivity index (χ4v) is 4.95. The van der Waals surface area contributed by atoms with E-state index in [2.05, 4.69) is 39.6 Å². The fraction of sp³-hybridized carbons (Fsp3) is 0.500. The third-order valence-corrected chi connectivity index (χ3v) is 6.50. The summed E-state index contributed by atoms with van der Waals surface area (Å²) in [6, 6.07) is 8.83. The maximum absolute atomic E-state index is 11.1. The molecular weight excluding hydrogens is 370 g/mol. The summed E-state index contributed by atoms with van der Waals surface area (Å²) < 4.78 is 27.2. The molecule has 0 amide bonds. The van der Waals surface area contributed by atoms with E-state index in [0.717, 1.165) is 39.3 Å². The molecule has 1 aromatic carbocycles. The van der Waals surface area contributed by atoms with E-state index < -0.39 is 10.1 Å². The molecule has 1 aliphatic carbocycles. The molecule has 2 N–H and O–H groups in total. The number of nitrogens with one attached hydrogen (secondary N) is 2. The first-order valence-corrected chi connectivity index (χ1v) is 11.7. The molecule has 2 aliphatic rings. The lowest BCUT2D eigenvalue weighted by molar-refractivity contribution is 0.305. The van der Waals surface area contributed by atoms with Crippen LogP contribution in [0, 0.1) is 0 Å². The molecule has 4 rings (SSSR count). The average Bonchev–Trinajstić information content (AvgIpc) is 3.32. The SMILES string of the molecule is CS(=O)(=O)OC[C@@H]1CSC(c2cc3cccc(NC4CCCC4)c3[nH]2)=N1. The highest BCUT2D eigenvalue weighted by molar-refractivity contribution is 8.14. The summed E-state index contributed by atoms with van der Waals surface area (Å²) in [6.07, 6.45) is 6.13. The van der Waals surface area contributed by atoms with Gasteiger partial charge in [-0.25, -0.2) is 0 Å². The largest absolute Gasteiger partial charge is 0.381 e. The van der Waals surface area contributed by atoms with Crippen molar-refractivity contribution in [3.8, 4) is 0 Å². The number of para-hydroxylation sites is 1. The average molecular weight is 394 g/mol. The smallest absolute Gasteiger partial charge is 0.264 e. The van der Waals surface area contributed by atoms with Crippen LogP contribution in [-0.2, 0) is 14.3 Å². The monoisotopic (exact) mass is 393 g/mol. The number of hydrogen-bond acceptors (Lipinski definition) is 6. The quantitative estimate of drug-likeness (QED) is 0.735. The number of aromatic amines is 1. The Morgan fingerprint density at radius 1 is 1.35 bits per heavy atom. The lowest BCUT2D eigenvalue weighted by atomic mass is 10.2. The molecule has 1 atom stereocenters. The van der Waals surface area contributed by atoms with E-state index in [1.54, 1.807) is 11.8 Å². The van der Waals surface area contributed by atoms with E-state index in [9.17, 15) is 8.42 Å². The van der Waals surface area contributed by atoms with E-state index in [1.807, 2.05) is 0 Å². The summed E-state index contributed by atoms with van der Waals surface area (Å²) in [5, 5.41) is 5.74. The van der Waals surface area contributed by atoms with Gasteiger partial charge in [0.25, 0.3) is 10.1 Å². The number of rotatable bonds is 6. The van der Waals surface area contributed by atoms with Gasteiger partial charge in [-0.15, -0.1) is 11.8 Å². The summed E-state index contributed by atoms with van der Waals surface area (Å²) in [5.41, 5.74) is 3.22. The van der Waals surface area contributed by atoms with Crippen LogP contribution < -0.4 is 5.32 Å². The predicted octanol–water partition coefficient (Wildman–Crippen LogP) is 3.36. The van der Waals surface area contributed by atoms with Gasteiger partial charge in [-0.3, -0.25) is 9.18 Å². The lowest BCUT2D eigenvalue weighted by Crippen LogP contribution is -2.16. The first-order chi connectivity index (χ1) is 12.5. The molecule has 0 radical (unpaired) electrons. The Labute approximate surface area is 157 Å². The van der Waals surface area contributed by atoms with Gasteiger partial charge in [-0.1, -0.05) is 25.0 Å². The number of H-pyrrole nitrogens is 1. The number of aliphatic imine (C=N–C) groups is 1. The van der Waals surface area contributed by atoms with Crippen molar-refractivity contribution >= 4 is 43.5 Å². The van der Waals surface area contributed by atoms with E-state index in [0.29, 0.717) is 6.04 Å². The topological polar surface area (TPSA) is 83.5 Å². The van der Waals surface area contributed by atoms with Crippen LogP contribution in [0.3, 0.4) is 0 Å². The van der Waals surface area contributed by atoms with Crippen molar-refractivity contribution in [2.24, 2.45) is 4.99 Å². The van der Waals surface area contributed by atoms with E-state index >= 15 is 0 Å². The Kier molecular flexibility index (Phi) is 4.98. The number of fused-ring (bicyclic) bond motifs is 1. The fourth-order valence-electron chi connectivity index (χ4n) is 3.53. The van der Waals surface area contributed by atoms with E-state index in [4.69, 9.17) is 4.18 Å². The first-order valence-electron chi connectivity index (χ1n) is 8.91. The van der Waals surface area contributed by atoms with Crippen LogP contribution in [0.5, 0.6) is 0 Å². The molecule has 1 aliphatic heterocycles. The normalized spacial score (nSPS) is 21.4. The molecule has 2 heterocycles. The lowest BCUT2D eigenvalue weighted by Gasteiger charge is -2.14. The van der Waals surface area contributed by atoms with Crippen LogP contribution in [0.15, 0.2) is 29.3 Å². The van der Waals surface area contributed by atoms with Gasteiger partial charge in [0.15, 0.2) is 0 Å². The molecule has 0 unspecified atom stereocenters. The van der Waals surface area contributed by atoms with Crippen molar-refractivity contribution in [1.82, 2.24) is 4.98 Å². The molecule has 8 heteroatoms. The maximum Gasteiger partial charge on any atom is 0.264 e. The first kappa shape index (κ1) is 17.9. The molecular formula is C18H23N3O3S2. The van der Waals surface area contributed by atoms with Gasteiger partial charge in [-0.05, 0) is 25.0 Å². The van der Waals surface area contributed by atoms with Crippen LogP contribution in [0.25, 0.3) is 10.9 Å². The second-order valence-electron chi connectivity index (χ2n) is 6.97. The minimum absolute atomic E-state index is 0.101. The molecule has 1 saturated carbocycles. The second kappa shape index (κ2) is 7.25. The van der Waals surface area contributed by atoms with Gasteiger partial charge in [0.1, 0.15) is 5.04 Å². The molecule has 0 bridgehead atoms. The van der Waals surface area contributed by atoms with Gasteiger partial charge in [0.2, 0.25) is 0 Å². The zero-order valence-corrected chi connectivity index (χ0v) is 16.3. The molecule has 0 saturated heterocycles. The van der Waals surface area contributed by atoms with Gasteiger partial charge in [-0.2, -0.15) is 8.42 Å². The van der Waals surface area contributed by atoms with Crippen molar-refractivity contribution in [1.29, 1.82) is 0 Å². The number of thioether (sulfide) groups is 1. The molecule has 26 heavy (non-hydrogen) atoms. The van der Waals surface area contributed by atoms with Gasteiger partial charge in [0.05, 0.1) is 35.8 Å². The third-order valence-electron chi connectivity index (χ3n) is 4.79. The van der Waals surface area contributed by atoms with Gasteiger partial charge < -0.3 is 10.3 Å². The van der Waals surface area contributed by atoms with Gasteiger partial charge >= 0.3 is 0 Å². The molecule has 2 aromatic rings. The summed E-state index contributed by atoms with van der Waals surface area (Å²) >= 11 is 1.63. The van der Waals surface area contributed by atoms with Crippen molar-refractivity contribution < 1.29 is 12.6 Å². The molecule has 1 fully saturated rings. The number of nitrogens with zero attached hydrogens (tertiary/aromatic N) is 1. The van der Waals surface area contributed by atoms with Gasteiger partial charge in [0, 0.05) is 17.2 Å². The minimum Gasteiger partial charge on any atom is -0.381 e. The van der Waals surface area contributed by atoms with Crippen LogP contribution in [0.2, 0.25) is 0 Å². The highest BCUT2D eigenvalue weighted by Crippen LogP contribution is 2.31. The summed E-state index contributed by atoms with van der Waals surface area (Å²) in [7, 11) is -3.43. The summed E-state index contributed by atoms with van der Waals surface area (Å²) in [5.74, 6) is 0.730. The Bertz CT molecular complexity index is 930. The molecule has 0 spiro atoms. The zero-order valence-electron chi connectivity index (χ0n) is 14.7. The van der Waals surface area contributed by atoms with E-state index in [-0.39, 0.29) is 12.6 Å². The number of benzene rings is 1. The number of hydrogen-bond donors (Lipinski definition) is 2. The third kappa shape index (κ3) is 4.07. The number of anilines is 1. The predicted molar refractivity (Wildman–Crippen MR) is 108 cm³/mol. The summed E-state index contributed by atoms with van der Waals surface area (Å²) in [6.45, 7) is 0.101.